The van der Waals surface area contributed by atoms with Gasteiger partial charge in [0.2, 0.25) is 17.6 Å². The molecule has 120 valence electrons. The number of hydrogen-bond donors (Lipinski definition) is 1. The molecule has 0 aromatic carbocycles. The van der Waals surface area contributed by atoms with Gasteiger partial charge in [-0.25, -0.2) is 4.98 Å². The average Bonchev–Trinajstić information content (AvgIpc) is 3.31. The van der Waals surface area contributed by atoms with E-state index in [4.69, 9.17) is 4.52 Å². The highest BCUT2D eigenvalue weighted by molar-refractivity contribution is 7.13. The molecule has 0 bridgehead atoms. The van der Waals surface area contributed by atoms with Crippen LogP contribution in [0.15, 0.2) is 40.8 Å². The standard InChI is InChI=1S/C15H17N5O2S/c21-13(17-6-2-8-20-9-7-16-11-20)4-5-14-18-15(19-22-14)12-3-1-10-23-12/h1,3,7,9-11H,2,4-6,8H2,(H,17,21). The van der Waals surface area contributed by atoms with E-state index in [0.29, 0.717) is 31.1 Å². The first-order chi connectivity index (χ1) is 11.3. The van der Waals surface area contributed by atoms with Gasteiger partial charge in [-0.05, 0) is 17.9 Å². The third-order valence-corrected chi connectivity index (χ3v) is 4.12. The SMILES string of the molecule is O=C(CCc1nc(-c2cccs2)no1)NCCCn1ccnc1. The van der Waals surface area contributed by atoms with Crippen LogP contribution in [-0.2, 0) is 17.8 Å². The van der Waals surface area contributed by atoms with Crippen molar-refractivity contribution in [2.75, 3.05) is 6.54 Å². The van der Waals surface area contributed by atoms with Crippen LogP contribution in [-0.4, -0.2) is 32.1 Å². The summed E-state index contributed by atoms with van der Waals surface area (Å²) in [6.45, 7) is 1.48. The first kappa shape index (κ1) is 15.4. The Balaban J connectivity index is 1.36. The molecule has 1 amide bonds. The third-order valence-electron chi connectivity index (χ3n) is 3.25. The molecule has 3 aromatic rings. The second-order valence-electron chi connectivity index (χ2n) is 4.99. The Kier molecular flexibility index (Phi) is 5.15. The third kappa shape index (κ3) is 4.49. The Hall–Kier alpha value is -2.48. The number of carbonyl (C=O) groups excluding carboxylic acids is 1. The van der Waals surface area contributed by atoms with Crippen LogP contribution in [0.2, 0.25) is 0 Å². The molecule has 1 N–H and O–H groups in total. The fraction of sp³-hybridized carbons (Fsp3) is 0.333. The molecule has 3 aromatic heterocycles. The number of aromatic nitrogens is 4. The Morgan fingerprint density at radius 2 is 2.39 bits per heavy atom. The number of imidazole rings is 1. The summed E-state index contributed by atoms with van der Waals surface area (Å²) >= 11 is 1.56. The van der Waals surface area contributed by atoms with E-state index in [1.165, 1.54) is 0 Å². The highest BCUT2D eigenvalue weighted by Gasteiger charge is 2.11. The van der Waals surface area contributed by atoms with E-state index in [9.17, 15) is 4.79 Å². The molecule has 7 nitrogen and oxygen atoms in total. The number of nitrogens with one attached hydrogen (secondary N) is 1. The minimum absolute atomic E-state index is 0.00787. The van der Waals surface area contributed by atoms with Crippen molar-refractivity contribution in [1.29, 1.82) is 0 Å². The molecule has 3 rings (SSSR count). The topological polar surface area (TPSA) is 85.8 Å². The Labute approximate surface area is 137 Å². The molecule has 0 radical (unpaired) electrons. The lowest BCUT2D eigenvalue weighted by Crippen LogP contribution is -2.25. The molecule has 0 atom stereocenters. The number of amides is 1. The van der Waals surface area contributed by atoms with Gasteiger partial charge in [0.05, 0.1) is 11.2 Å². The molecule has 8 heteroatoms. The van der Waals surface area contributed by atoms with Crippen molar-refractivity contribution in [3.63, 3.8) is 0 Å². The van der Waals surface area contributed by atoms with Gasteiger partial charge in [0.15, 0.2) is 0 Å². The van der Waals surface area contributed by atoms with Gasteiger partial charge in [0.1, 0.15) is 0 Å². The molecule has 0 aliphatic heterocycles. The summed E-state index contributed by atoms with van der Waals surface area (Å²) in [7, 11) is 0. The second-order valence-corrected chi connectivity index (χ2v) is 5.94. The fourth-order valence-corrected chi connectivity index (χ4v) is 2.73. The quantitative estimate of drug-likeness (QED) is 0.639. The Bertz CT molecular complexity index is 721. The number of rotatable bonds is 8. The Morgan fingerprint density at radius 1 is 1.43 bits per heavy atom. The van der Waals surface area contributed by atoms with E-state index < -0.39 is 0 Å². The van der Waals surface area contributed by atoms with Crippen molar-refractivity contribution in [3.05, 3.63) is 42.1 Å². The maximum absolute atomic E-state index is 11.8. The van der Waals surface area contributed by atoms with Crippen LogP contribution in [0.3, 0.4) is 0 Å². The van der Waals surface area contributed by atoms with Gasteiger partial charge in [-0.1, -0.05) is 11.2 Å². The zero-order chi connectivity index (χ0) is 15.9. The summed E-state index contributed by atoms with van der Waals surface area (Å²) in [4.78, 5) is 21.0. The lowest BCUT2D eigenvalue weighted by molar-refractivity contribution is -0.121. The molecule has 23 heavy (non-hydrogen) atoms. The first-order valence-electron chi connectivity index (χ1n) is 7.40. The van der Waals surface area contributed by atoms with E-state index in [0.717, 1.165) is 17.8 Å². The lowest BCUT2D eigenvalue weighted by Gasteiger charge is -2.04. The van der Waals surface area contributed by atoms with Crippen molar-refractivity contribution in [3.8, 4) is 10.7 Å². The maximum Gasteiger partial charge on any atom is 0.227 e. The van der Waals surface area contributed by atoms with Crippen molar-refractivity contribution in [2.24, 2.45) is 0 Å². The second kappa shape index (κ2) is 7.68. The van der Waals surface area contributed by atoms with Gasteiger partial charge in [-0.15, -0.1) is 11.3 Å². The van der Waals surface area contributed by atoms with Crippen molar-refractivity contribution >= 4 is 17.2 Å². The van der Waals surface area contributed by atoms with E-state index in [2.05, 4.69) is 20.4 Å². The van der Waals surface area contributed by atoms with Crippen LogP contribution in [0.5, 0.6) is 0 Å². The largest absolute Gasteiger partial charge is 0.356 e. The molecule has 3 heterocycles. The fourth-order valence-electron chi connectivity index (χ4n) is 2.08. The van der Waals surface area contributed by atoms with Crippen LogP contribution < -0.4 is 5.32 Å². The van der Waals surface area contributed by atoms with Gasteiger partial charge in [0.25, 0.3) is 0 Å². The minimum atomic E-state index is -0.00787. The van der Waals surface area contributed by atoms with E-state index in [1.807, 2.05) is 28.3 Å². The highest BCUT2D eigenvalue weighted by Crippen LogP contribution is 2.21. The Morgan fingerprint density at radius 3 is 3.17 bits per heavy atom. The number of nitrogens with zero attached hydrogens (tertiary/aromatic N) is 4. The van der Waals surface area contributed by atoms with Crippen molar-refractivity contribution < 1.29 is 9.32 Å². The lowest BCUT2D eigenvalue weighted by atomic mass is 10.3. The molecule has 0 aliphatic rings. The van der Waals surface area contributed by atoms with Crippen LogP contribution >= 0.6 is 11.3 Å². The summed E-state index contributed by atoms with van der Waals surface area (Å²) in [6, 6.07) is 3.87. The predicted octanol–water partition coefficient (Wildman–Crippen LogP) is 2.13. The summed E-state index contributed by atoms with van der Waals surface area (Å²) in [6.07, 6.45) is 7.08. The van der Waals surface area contributed by atoms with E-state index >= 15 is 0 Å². The molecule has 0 saturated carbocycles. The molecular formula is C15H17N5O2S. The smallest absolute Gasteiger partial charge is 0.227 e. The highest BCUT2D eigenvalue weighted by atomic mass is 32.1. The summed E-state index contributed by atoms with van der Waals surface area (Å²) < 4.78 is 7.15. The predicted molar refractivity (Wildman–Crippen MR) is 85.8 cm³/mol. The number of aryl methyl sites for hydroxylation is 2. The number of hydrogen-bond acceptors (Lipinski definition) is 6. The molecule has 0 spiro atoms. The first-order valence-corrected chi connectivity index (χ1v) is 8.28. The zero-order valence-corrected chi connectivity index (χ0v) is 13.3. The summed E-state index contributed by atoms with van der Waals surface area (Å²) in [5.41, 5.74) is 0. The average molecular weight is 331 g/mol. The van der Waals surface area contributed by atoms with Crippen molar-refractivity contribution in [2.45, 2.75) is 25.8 Å². The molecule has 0 fully saturated rings. The monoisotopic (exact) mass is 331 g/mol. The maximum atomic E-state index is 11.8. The van der Waals surface area contributed by atoms with E-state index in [1.54, 1.807) is 23.9 Å². The van der Waals surface area contributed by atoms with Crippen LogP contribution in [0.25, 0.3) is 10.7 Å². The number of carbonyl (C=O) groups is 1. The molecule has 0 saturated heterocycles. The van der Waals surface area contributed by atoms with Gasteiger partial charge >= 0.3 is 0 Å². The zero-order valence-electron chi connectivity index (χ0n) is 12.5. The van der Waals surface area contributed by atoms with Gasteiger partial charge in [-0.3, -0.25) is 4.79 Å². The van der Waals surface area contributed by atoms with Crippen LogP contribution in [0.4, 0.5) is 0 Å². The number of thiophene rings is 1. The van der Waals surface area contributed by atoms with Crippen LogP contribution in [0, 0.1) is 0 Å². The molecular weight excluding hydrogens is 314 g/mol. The molecule has 0 aliphatic carbocycles. The van der Waals surface area contributed by atoms with Gasteiger partial charge in [0, 0.05) is 38.3 Å². The summed E-state index contributed by atoms with van der Waals surface area (Å²) in [5, 5.41) is 8.77. The van der Waals surface area contributed by atoms with Crippen molar-refractivity contribution in [1.82, 2.24) is 25.0 Å². The summed E-state index contributed by atoms with van der Waals surface area (Å²) in [5.74, 6) is 1.06. The van der Waals surface area contributed by atoms with Gasteiger partial charge < -0.3 is 14.4 Å². The normalized spacial score (nSPS) is 10.8. The van der Waals surface area contributed by atoms with E-state index in [-0.39, 0.29) is 5.91 Å². The van der Waals surface area contributed by atoms with Crippen LogP contribution in [0.1, 0.15) is 18.7 Å². The minimum Gasteiger partial charge on any atom is -0.356 e. The van der Waals surface area contributed by atoms with Gasteiger partial charge in [-0.2, -0.15) is 4.98 Å². The molecule has 0 unspecified atom stereocenters.